The van der Waals surface area contributed by atoms with E-state index in [0.29, 0.717) is 6.54 Å². The summed E-state index contributed by atoms with van der Waals surface area (Å²) in [6, 6.07) is 4.57. The number of benzene rings is 1. The molecule has 0 aliphatic carbocycles. The first-order chi connectivity index (χ1) is 8.79. The zero-order valence-corrected chi connectivity index (χ0v) is 11.8. The Labute approximate surface area is 117 Å². The average molecular weight is 285 g/mol. The summed E-state index contributed by atoms with van der Waals surface area (Å²) in [7, 11) is 0. The Bertz CT molecular complexity index is 501. The summed E-state index contributed by atoms with van der Waals surface area (Å²) in [5.41, 5.74) is -0.715. The van der Waals surface area contributed by atoms with Gasteiger partial charge >= 0.3 is 5.97 Å². The molecule has 0 aliphatic heterocycles. The van der Waals surface area contributed by atoms with Crippen molar-refractivity contribution < 1.29 is 14.7 Å². The van der Waals surface area contributed by atoms with Crippen LogP contribution in [-0.2, 0) is 4.79 Å². The van der Waals surface area contributed by atoms with Crippen LogP contribution >= 0.6 is 11.6 Å². The quantitative estimate of drug-likeness (QED) is 0.776. The van der Waals surface area contributed by atoms with Gasteiger partial charge in [-0.25, -0.2) is 4.79 Å². The monoisotopic (exact) mass is 284 g/mol. The van der Waals surface area contributed by atoms with E-state index in [1.165, 1.54) is 12.1 Å². The summed E-state index contributed by atoms with van der Waals surface area (Å²) in [4.78, 5) is 23.2. The molecule has 0 spiro atoms. The molecule has 0 fully saturated rings. The van der Waals surface area contributed by atoms with Gasteiger partial charge in [0.05, 0.1) is 16.2 Å². The molecule has 0 heterocycles. The molecule has 0 atom stereocenters. The number of carbonyl (C=O) groups is 2. The standard InChI is InChI=1S/C13H17ClN2O3/c1-4-15-13(2,3)12(19)16-9-7-5-6-8(14)10(9)11(17)18/h5-7,15H,4H2,1-3H3,(H,16,19)(H,17,18). The molecule has 0 saturated carbocycles. The molecule has 3 N–H and O–H groups in total. The van der Waals surface area contributed by atoms with E-state index in [4.69, 9.17) is 16.7 Å². The van der Waals surface area contributed by atoms with E-state index < -0.39 is 11.5 Å². The van der Waals surface area contributed by atoms with Crippen LogP contribution in [0.25, 0.3) is 0 Å². The number of anilines is 1. The van der Waals surface area contributed by atoms with E-state index in [1.807, 2.05) is 6.92 Å². The van der Waals surface area contributed by atoms with Gasteiger partial charge in [-0.3, -0.25) is 4.79 Å². The summed E-state index contributed by atoms with van der Waals surface area (Å²) in [6.07, 6.45) is 0. The van der Waals surface area contributed by atoms with E-state index in [9.17, 15) is 9.59 Å². The summed E-state index contributed by atoms with van der Waals surface area (Å²) in [5.74, 6) is -1.50. The van der Waals surface area contributed by atoms with Crippen molar-refractivity contribution in [1.82, 2.24) is 5.32 Å². The largest absolute Gasteiger partial charge is 0.478 e. The van der Waals surface area contributed by atoms with Crippen LogP contribution in [0, 0.1) is 0 Å². The van der Waals surface area contributed by atoms with Crippen molar-refractivity contribution in [2.75, 3.05) is 11.9 Å². The van der Waals surface area contributed by atoms with Crippen molar-refractivity contribution in [3.8, 4) is 0 Å². The van der Waals surface area contributed by atoms with Crippen molar-refractivity contribution in [1.29, 1.82) is 0 Å². The van der Waals surface area contributed by atoms with Crippen LogP contribution in [-0.4, -0.2) is 29.1 Å². The van der Waals surface area contributed by atoms with Crippen molar-refractivity contribution in [3.05, 3.63) is 28.8 Å². The van der Waals surface area contributed by atoms with Gasteiger partial charge < -0.3 is 15.7 Å². The highest BCUT2D eigenvalue weighted by atomic mass is 35.5. The van der Waals surface area contributed by atoms with Crippen molar-refractivity contribution in [2.24, 2.45) is 0 Å². The molecule has 5 nitrogen and oxygen atoms in total. The highest BCUT2D eigenvalue weighted by molar-refractivity contribution is 6.34. The zero-order chi connectivity index (χ0) is 14.6. The maximum atomic E-state index is 12.1. The van der Waals surface area contributed by atoms with Crippen LogP contribution < -0.4 is 10.6 Å². The van der Waals surface area contributed by atoms with E-state index in [2.05, 4.69) is 10.6 Å². The molecule has 0 aliphatic rings. The van der Waals surface area contributed by atoms with Gasteiger partial charge in [-0.2, -0.15) is 0 Å². The van der Waals surface area contributed by atoms with E-state index in [1.54, 1.807) is 19.9 Å². The Morgan fingerprint density at radius 2 is 2.00 bits per heavy atom. The SMILES string of the molecule is CCNC(C)(C)C(=O)Nc1cccc(Cl)c1C(=O)O. The lowest BCUT2D eigenvalue weighted by molar-refractivity contribution is -0.121. The van der Waals surface area contributed by atoms with Gasteiger partial charge in [-0.1, -0.05) is 24.6 Å². The number of nitrogens with one attached hydrogen (secondary N) is 2. The maximum Gasteiger partial charge on any atom is 0.339 e. The minimum atomic E-state index is -1.18. The third-order valence-corrected chi connectivity index (χ3v) is 2.98. The van der Waals surface area contributed by atoms with Gasteiger partial charge in [0.25, 0.3) is 0 Å². The zero-order valence-electron chi connectivity index (χ0n) is 11.1. The molecule has 6 heteroatoms. The van der Waals surface area contributed by atoms with Crippen molar-refractivity contribution in [2.45, 2.75) is 26.3 Å². The fourth-order valence-corrected chi connectivity index (χ4v) is 1.90. The molecule has 1 amide bonds. The Kier molecular flexibility index (Phi) is 4.91. The van der Waals surface area contributed by atoms with Crippen LogP contribution in [0.3, 0.4) is 0 Å². The van der Waals surface area contributed by atoms with E-state index >= 15 is 0 Å². The number of carboxylic acid groups (broad SMARTS) is 1. The number of rotatable bonds is 5. The Hall–Kier alpha value is -1.59. The van der Waals surface area contributed by atoms with Gasteiger partial charge in [0.2, 0.25) is 5.91 Å². The number of halogens is 1. The molecule has 1 rings (SSSR count). The van der Waals surface area contributed by atoms with Crippen LogP contribution in [0.2, 0.25) is 5.02 Å². The molecular weight excluding hydrogens is 268 g/mol. The molecule has 0 unspecified atom stereocenters. The van der Waals surface area contributed by atoms with Crippen LogP contribution in [0.5, 0.6) is 0 Å². The lowest BCUT2D eigenvalue weighted by Crippen LogP contribution is -2.49. The van der Waals surface area contributed by atoms with Crippen LogP contribution in [0.1, 0.15) is 31.1 Å². The first-order valence-electron chi connectivity index (χ1n) is 5.88. The predicted molar refractivity (Wildman–Crippen MR) is 74.8 cm³/mol. The molecule has 1 aromatic carbocycles. The second kappa shape index (κ2) is 6.04. The minimum absolute atomic E-state index is 0.0894. The molecule has 0 aromatic heterocycles. The van der Waals surface area contributed by atoms with Crippen molar-refractivity contribution in [3.63, 3.8) is 0 Å². The molecule has 0 bridgehead atoms. The van der Waals surface area contributed by atoms with E-state index in [-0.39, 0.29) is 22.2 Å². The third kappa shape index (κ3) is 3.68. The highest BCUT2D eigenvalue weighted by Gasteiger charge is 2.27. The molecule has 0 radical (unpaired) electrons. The topological polar surface area (TPSA) is 78.4 Å². The van der Waals surface area contributed by atoms with Gasteiger partial charge in [-0.05, 0) is 32.5 Å². The minimum Gasteiger partial charge on any atom is -0.478 e. The van der Waals surface area contributed by atoms with E-state index in [0.717, 1.165) is 0 Å². The Morgan fingerprint density at radius 3 is 2.53 bits per heavy atom. The lowest BCUT2D eigenvalue weighted by Gasteiger charge is -2.25. The molecule has 104 valence electrons. The fourth-order valence-electron chi connectivity index (χ4n) is 1.65. The Morgan fingerprint density at radius 1 is 1.37 bits per heavy atom. The first kappa shape index (κ1) is 15.5. The summed E-state index contributed by atoms with van der Waals surface area (Å²) >= 11 is 5.84. The number of carboxylic acids is 1. The molecule has 0 saturated heterocycles. The number of carbonyl (C=O) groups excluding carboxylic acids is 1. The Balaban J connectivity index is 3.04. The molecular formula is C13H17ClN2O3. The van der Waals surface area contributed by atoms with Crippen LogP contribution in [0.15, 0.2) is 18.2 Å². The smallest absolute Gasteiger partial charge is 0.339 e. The third-order valence-electron chi connectivity index (χ3n) is 2.66. The number of hydrogen-bond donors (Lipinski definition) is 3. The summed E-state index contributed by atoms with van der Waals surface area (Å²) in [6.45, 7) is 5.95. The highest BCUT2D eigenvalue weighted by Crippen LogP contribution is 2.25. The number of hydrogen-bond acceptors (Lipinski definition) is 3. The second-order valence-electron chi connectivity index (χ2n) is 4.58. The van der Waals surface area contributed by atoms with Gasteiger partial charge in [0, 0.05) is 0 Å². The van der Waals surface area contributed by atoms with Gasteiger partial charge in [0.15, 0.2) is 0 Å². The lowest BCUT2D eigenvalue weighted by atomic mass is 10.0. The second-order valence-corrected chi connectivity index (χ2v) is 4.98. The number of aromatic carboxylic acids is 1. The normalized spacial score (nSPS) is 11.2. The van der Waals surface area contributed by atoms with Crippen molar-refractivity contribution >= 4 is 29.2 Å². The number of likely N-dealkylation sites (N-methyl/N-ethyl adjacent to an activating group) is 1. The fraction of sp³-hybridized carbons (Fsp3) is 0.385. The average Bonchev–Trinajstić information content (AvgIpc) is 2.28. The maximum absolute atomic E-state index is 12.1. The molecule has 1 aromatic rings. The summed E-state index contributed by atoms with van der Waals surface area (Å²) < 4.78 is 0. The predicted octanol–water partition coefficient (Wildman–Crippen LogP) is 2.36. The molecule has 19 heavy (non-hydrogen) atoms. The van der Waals surface area contributed by atoms with Crippen LogP contribution in [0.4, 0.5) is 5.69 Å². The first-order valence-corrected chi connectivity index (χ1v) is 6.25. The summed E-state index contributed by atoms with van der Waals surface area (Å²) in [5, 5.41) is 14.8. The number of amides is 1. The van der Waals surface area contributed by atoms with Gasteiger partial charge in [-0.15, -0.1) is 0 Å². The van der Waals surface area contributed by atoms with Gasteiger partial charge in [0.1, 0.15) is 5.56 Å².